The van der Waals surface area contributed by atoms with E-state index in [1.54, 1.807) is 6.92 Å². The predicted octanol–water partition coefficient (Wildman–Crippen LogP) is 2.86. The molecule has 0 spiro atoms. The molecule has 2 aliphatic heterocycles. The Balaban J connectivity index is 1.51. The fourth-order valence-corrected chi connectivity index (χ4v) is 4.94. The summed E-state index contributed by atoms with van der Waals surface area (Å²) in [5.41, 5.74) is 5.63. The van der Waals surface area contributed by atoms with E-state index in [4.69, 9.17) is 19.2 Å². The molecule has 4 rings (SSSR count). The molecule has 0 saturated carbocycles. The first-order valence-electron chi connectivity index (χ1n) is 14.8. The molecule has 3 heterocycles. The standard InChI is InChI=1S/C31H43N5O6/c1-5-20(2)28-17-32-22(4)31(39)36-14-6-9-26(35-36)30(38)33-21(3)25-13-12-24-11-10-23(16-27(24)34-25)8-7-15-40-19-41-18-29(37)42-28/h7-8,10-13,16,20-22,26,28,32,35H,5-6,9,14-15,17-19H2,1-4H3,(H,33,38). The number of fused-ring (bicyclic) bond motifs is 4. The van der Waals surface area contributed by atoms with Gasteiger partial charge in [0.05, 0.1) is 29.9 Å². The molecule has 11 heteroatoms. The van der Waals surface area contributed by atoms with Gasteiger partial charge in [-0.1, -0.05) is 44.2 Å². The van der Waals surface area contributed by atoms with Crippen molar-refractivity contribution >= 4 is 34.8 Å². The number of hydrazine groups is 1. The summed E-state index contributed by atoms with van der Waals surface area (Å²) in [4.78, 5) is 43.7. The van der Waals surface area contributed by atoms with Gasteiger partial charge in [-0.25, -0.2) is 10.2 Å². The van der Waals surface area contributed by atoms with Crippen molar-refractivity contribution in [2.24, 2.45) is 5.92 Å². The van der Waals surface area contributed by atoms with Crippen molar-refractivity contribution in [3.05, 3.63) is 47.7 Å². The zero-order valence-electron chi connectivity index (χ0n) is 24.9. The Morgan fingerprint density at radius 3 is 2.71 bits per heavy atom. The number of pyridine rings is 1. The third-order valence-electron chi connectivity index (χ3n) is 7.78. The smallest absolute Gasteiger partial charge is 0.332 e. The Hall–Kier alpha value is -3.38. The maximum Gasteiger partial charge on any atom is 0.332 e. The minimum absolute atomic E-state index is 0.0483. The molecule has 3 N–H and O–H groups in total. The highest BCUT2D eigenvalue weighted by atomic mass is 16.7. The van der Waals surface area contributed by atoms with Crippen LogP contribution in [0.5, 0.6) is 0 Å². The third-order valence-corrected chi connectivity index (χ3v) is 7.78. The van der Waals surface area contributed by atoms with Crippen LogP contribution in [0.4, 0.5) is 0 Å². The number of aromatic nitrogens is 1. The number of amides is 2. The second kappa shape index (κ2) is 15.2. The summed E-state index contributed by atoms with van der Waals surface area (Å²) in [6.07, 6.45) is 5.47. The van der Waals surface area contributed by atoms with Crippen LogP contribution < -0.4 is 16.1 Å². The quantitative estimate of drug-likeness (QED) is 0.458. The van der Waals surface area contributed by atoms with E-state index < -0.39 is 24.2 Å². The van der Waals surface area contributed by atoms with Crippen molar-refractivity contribution in [2.45, 2.75) is 71.2 Å². The van der Waals surface area contributed by atoms with Gasteiger partial charge >= 0.3 is 5.97 Å². The molecule has 228 valence electrons. The maximum atomic E-state index is 13.3. The molecule has 1 aromatic heterocycles. The predicted molar refractivity (Wildman–Crippen MR) is 159 cm³/mol. The summed E-state index contributed by atoms with van der Waals surface area (Å²) < 4.78 is 16.5. The number of esters is 1. The van der Waals surface area contributed by atoms with E-state index in [0.29, 0.717) is 32.5 Å². The molecule has 1 fully saturated rings. The molecule has 0 aliphatic carbocycles. The molecular formula is C31H43N5O6. The zero-order valence-corrected chi connectivity index (χ0v) is 24.9. The average Bonchev–Trinajstić information content (AvgIpc) is 3.00. The number of ether oxygens (including phenoxy) is 3. The van der Waals surface area contributed by atoms with E-state index in [-0.39, 0.29) is 37.2 Å². The van der Waals surface area contributed by atoms with Crippen molar-refractivity contribution in [3.63, 3.8) is 0 Å². The van der Waals surface area contributed by atoms with Gasteiger partial charge in [-0.15, -0.1) is 0 Å². The average molecular weight is 582 g/mol. The van der Waals surface area contributed by atoms with Crippen LogP contribution in [0, 0.1) is 5.92 Å². The van der Waals surface area contributed by atoms with Crippen molar-refractivity contribution in [1.82, 2.24) is 26.1 Å². The lowest BCUT2D eigenvalue weighted by Crippen LogP contribution is -2.60. The summed E-state index contributed by atoms with van der Waals surface area (Å²) in [6, 6.07) is 8.47. The van der Waals surface area contributed by atoms with Crippen molar-refractivity contribution < 1.29 is 28.6 Å². The van der Waals surface area contributed by atoms with E-state index in [0.717, 1.165) is 28.6 Å². The largest absolute Gasteiger partial charge is 0.459 e. The summed E-state index contributed by atoms with van der Waals surface area (Å²) in [7, 11) is 0. The molecular weight excluding hydrogens is 538 g/mol. The number of hydrogen-bond donors (Lipinski definition) is 3. The van der Waals surface area contributed by atoms with Crippen LogP contribution >= 0.6 is 0 Å². The lowest BCUT2D eigenvalue weighted by molar-refractivity contribution is -0.161. The summed E-state index contributed by atoms with van der Waals surface area (Å²) in [5, 5.41) is 8.77. The second-order valence-corrected chi connectivity index (χ2v) is 11.0. The van der Waals surface area contributed by atoms with Gasteiger partial charge in [0.25, 0.3) is 5.91 Å². The molecule has 0 radical (unpaired) electrons. The fraction of sp³-hybridized carbons (Fsp3) is 0.548. The van der Waals surface area contributed by atoms with E-state index >= 15 is 0 Å². The van der Waals surface area contributed by atoms with Gasteiger partial charge in [0.1, 0.15) is 25.5 Å². The monoisotopic (exact) mass is 581 g/mol. The van der Waals surface area contributed by atoms with Crippen LogP contribution in [0.3, 0.4) is 0 Å². The van der Waals surface area contributed by atoms with Crippen molar-refractivity contribution in [1.29, 1.82) is 0 Å². The molecule has 1 saturated heterocycles. The first kappa shape index (κ1) is 31.6. The SMILES string of the molecule is CCC(C)C1CNC(C)C(=O)N2CCCC(N2)C(=O)NC(C)c2ccc3ccc(cc3n2)C=CCOCOCC(=O)O1. The van der Waals surface area contributed by atoms with Gasteiger partial charge in [-0.2, -0.15) is 0 Å². The lowest BCUT2D eigenvalue weighted by Gasteiger charge is -2.35. The molecule has 2 aromatic rings. The normalized spacial score (nSPS) is 26.4. The number of cyclic esters (lactones) is 1. The van der Waals surface area contributed by atoms with Crippen LogP contribution in [0.15, 0.2) is 36.4 Å². The van der Waals surface area contributed by atoms with Crippen molar-refractivity contribution in [2.75, 3.05) is 33.1 Å². The maximum absolute atomic E-state index is 13.3. The van der Waals surface area contributed by atoms with Gasteiger partial charge in [0.15, 0.2) is 0 Å². The number of carbonyl (C=O) groups is 3. The van der Waals surface area contributed by atoms with E-state index in [9.17, 15) is 14.4 Å². The van der Waals surface area contributed by atoms with Gasteiger partial charge in [0, 0.05) is 18.5 Å². The summed E-state index contributed by atoms with van der Waals surface area (Å²) >= 11 is 0. The number of benzene rings is 1. The van der Waals surface area contributed by atoms with Gasteiger partial charge in [-0.3, -0.25) is 19.6 Å². The fourth-order valence-electron chi connectivity index (χ4n) is 4.94. The van der Waals surface area contributed by atoms with E-state index in [1.165, 1.54) is 5.01 Å². The molecule has 42 heavy (non-hydrogen) atoms. The molecule has 1 aromatic carbocycles. The van der Waals surface area contributed by atoms with E-state index in [1.807, 2.05) is 63.3 Å². The molecule has 2 aliphatic rings. The van der Waals surface area contributed by atoms with Crippen LogP contribution in [-0.4, -0.2) is 79.1 Å². The van der Waals surface area contributed by atoms with Gasteiger partial charge in [0.2, 0.25) is 5.91 Å². The van der Waals surface area contributed by atoms with Crippen molar-refractivity contribution in [3.8, 4) is 0 Å². The highest BCUT2D eigenvalue weighted by Crippen LogP contribution is 2.20. The Morgan fingerprint density at radius 2 is 1.90 bits per heavy atom. The number of carbonyl (C=O) groups excluding carboxylic acids is 3. The van der Waals surface area contributed by atoms with Crippen LogP contribution in [0.25, 0.3) is 17.0 Å². The molecule has 5 unspecified atom stereocenters. The van der Waals surface area contributed by atoms with Crippen LogP contribution in [0.1, 0.15) is 64.3 Å². The lowest BCUT2D eigenvalue weighted by atomic mass is 10.0. The zero-order chi connectivity index (χ0) is 30.1. The Morgan fingerprint density at radius 1 is 1.10 bits per heavy atom. The summed E-state index contributed by atoms with van der Waals surface area (Å²) in [6.45, 7) is 8.52. The number of hydrogen-bond acceptors (Lipinski definition) is 9. The van der Waals surface area contributed by atoms with Gasteiger partial charge < -0.3 is 24.8 Å². The van der Waals surface area contributed by atoms with Crippen LogP contribution in [0.2, 0.25) is 0 Å². The Bertz CT molecular complexity index is 1270. The molecule has 5 bridgehead atoms. The number of nitrogens with zero attached hydrogens (tertiary/aromatic N) is 2. The highest BCUT2D eigenvalue weighted by molar-refractivity contribution is 5.85. The minimum atomic E-state index is -0.553. The first-order valence-corrected chi connectivity index (χ1v) is 14.8. The Labute approximate surface area is 247 Å². The highest BCUT2D eigenvalue weighted by Gasteiger charge is 2.31. The topological polar surface area (TPSA) is 131 Å². The molecule has 2 amide bonds. The van der Waals surface area contributed by atoms with Crippen LogP contribution in [-0.2, 0) is 28.6 Å². The van der Waals surface area contributed by atoms with E-state index in [2.05, 4.69) is 16.1 Å². The van der Waals surface area contributed by atoms with Gasteiger partial charge in [-0.05, 0) is 56.7 Å². The molecule has 5 atom stereocenters. The Kier molecular flexibility index (Phi) is 11.4. The molecule has 11 nitrogen and oxygen atoms in total. The third kappa shape index (κ3) is 8.57. The summed E-state index contributed by atoms with van der Waals surface area (Å²) in [5.74, 6) is -0.781. The minimum Gasteiger partial charge on any atom is -0.459 e. The number of nitrogens with one attached hydrogen (secondary N) is 3. The second-order valence-electron chi connectivity index (χ2n) is 11.0. The first-order chi connectivity index (χ1) is 20.2. The number of rotatable bonds is 2.